The number of carboxylic acids is 1. The Bertz CT molecular complexity index is 440. The molecule has 2 heterocycles. The van der Waals surface area contributed by atoms with E-state index < -0.39 is 5.97 Å². The number of nitrogens with zero attached hydrogens (tertiary/aromatic N) is 2. The number of rotatable bonds is 6. The van der Waals surface area contributed by atoms with Crippen LogP contribution in [-0.4, -0.2) is 36.3 Å². The summed E-state index contributed by atoms with van der Waals surface area (Å²) < 4.78 is 5.18. The van der Waals surface area contributed by atoms with Gasteiger partial charge in [0.2, 0.25) is 0 Å². The smallest absolute Gasteiger partial charge is 0.303 e. The molecule has 0 spiro atoms. The van der Waals surface area contributed by atoms with Crippen molar-refractivity contribution < 1.29 is 14.6 Å². The Hall–Kier alpha value is -1.14. The number of methoxy groups -OCH3 is 1. The van der Waals surface area contributed by atoms with Crippen LogP contribution in [0.5, 0.6) is 0 Å². The summed E-state index contributed by atoms with van der Waals surface area (Å²) in [5.74, 6) is -0.766. The Balaban J connectivity index is 2.11. The molecule has 0 aliphatic carbocycles. The van der Waals surface area contributed by atoms with Crippen LogP contribution in [0.1, 0.15) is 42.7 Å². The highest BCUT2D eigenvalue weighted by Gasteiger charge is 2.18. The van der Waals surface area contributed by atoms with Crippen LogP contribution in [0.4, 0.5) is 5.13 Å². The zero-order chi connectivity index (χ0) is 14.4. The van der Waals surface area contributed by atoms with E-state index in [4.69, 9.17) is 9.84 Å². The van der Waals surface area contributed by atoms with Crippen molar-refractivity contribution >= 4 is 22.4 Å². The standard InChI is InChI=1S/C14H22N2O3S/c1-19-10-11-12(6-7-13(17)18)20-14(15-11)16-8-4-2-3-5-9-16/h2-10H2,1H3,(H,17,18). The SMILES string of the molecule is COCc1nc(N2CCCCCC2)sc1CCC(=O)O. The molecular weight excluding hydrogens is 276 g/mol. The number of carbonyl (C=O) groups is 1. The van der Waals surface area contributed by atoms with Crippen molar-refractivity contribution in [1.82, 2.24) is 4.98 Å². The number of ether oxygens (including phenoxy) is 1. The third-order valence-electron chi connectivity index (χ3n) is 3.49. The van der Waals surface area contributed by atoms with E-state index >= 15 is 0 Å². The van der Waals surface area contributed by atoms with Gasteiger partial charge >= 0.3 is 5.97 Å². The molecule has 0 saturated carbocycles. The van der Waals surface area contributed by atoms with Crippen molar-refractivity contribution in [3.05, 3.63) is 10.6 Å². The van der Waals surface area contributed by atoms with Gasteiger partial charge < -0.3 is 14.7 Å². The quantitative estimate of drug-likeness (QED) is 0.875. The molecule has 2 rings (SSSR count). The highest BCUT2D eigenvalue weighted by molar-refractivity contribution is 7.15. The number of thiazole rings is 1. The van der Waals surface area contributed by atoms with E-state index in [1.165, 1.54) is 25.7 Å². The van der Waals surface area contributed by atoms with E-state index in [0.717, 1.165) is 28.8 Å². The predicted molar refractivity (Wildman–Crippen MR) is 79.5 cm³/mol. The maximum Gasteiger partial charge on any atom is 0.303 e. The number of aromatic nitrogens is 1. The van der Waals surface area contributed by atoms with Gasteiger partial charge in [-0.1, -0.05) is 12.8 Å². The third kappa shape index (κ3) is 4.18. The molecule has 20 heavy (non-hydrogen) atoms. The first-order chi connectivity index (χ1) is 9.70. The van der Waals surface area contributed by atoms with Gasteiger partial charge in [-0.25, -0.2) is 4.98 Å². The minimum absolute atomic E-state index is 0.151. The van der Waals surface area contributed by atoms with E-state index in [-0.39, 0.29) is 6.42 Å². The number of hydrogen-bond acceptors (Lipinski definition) is 5. The van der Waals surface area contributed by atoms with Gasteiger partial charge in [-0.05, 0) is 19.3 Å². The summed E-state index contributed by atoms with van der Waals surface area (Å²) in [6, 6.07) is 0. The molecule has 1 aliphatic heterocycles. The first-order valence-corrected chi connectivity index (χ1v) is 7.96. The molecule has 0 atom stereocenters. The van der Waals surface area contributed by atoms with E-state index in [1.807, 2.05) is 0 Å². The number of anilines is 1. The Kier molecular flexibility index (Phi) is 5.79. The van der Waals surface area contributed by atoms with Gasteiger partial charge in [0.15, 0.2) is 5.13 Å². The van der Waals surface area contributed by atoms with Gasteiger partial charge in [0.25, 0.3) is 0 Å². The van der Waals surface area contributed by atoms with E-state index in [1.54, 1.807) is 18.4 Å². The van der Waals surface area contributed by atoms with Gasteiger partial charge in [-0.3, -0.25) is 4.79 Å². The summed E-state index contributed by atoms with van der Waals surface area (Å²) in [6.45, 7) is 2.57. The normalized spacial score (nSPS) is 16.1. The lowest BCUT2D eigenvalue weighted by molar-refractivity contribution is -0.136. The Morgan fingerprint density at radius 2 is 2.05 bits per heavy atom. The van der Waals surface area contributed by atoms with Crippen LogP contribution in [0.25, 0.3) is 0 Å². The maximum absolute atomic E-state index is 10.7. The van der Waals surface area contributed by atoms with Crippen LogP contribution in [-0.2, 0) is 22.6 Å². The van der Waals surface area contributed by atoms with Gasteiger partial charge in [-0.2, -0.15) is 0 Å². The summed E-state index contributed by atoms with van der Waals surface area (Å²) in [4.78, 5) is 18.8. The van der Waals surface area contributed by atoms with Crippen LogP contribution in [0.15, 0.2) is 0 Å². The second-order valence-electron chi connectivity index (χ2n) is 5.09. The molecule has 1 saturated heterocycles. The Morgan fingerprint density at radius 3 is 2.65 bits per heavy atom. The Morgan fingerprint density at radius 1 is 1.35 bits per heavy atom. The average Bonchev–Trinajstić information content (AvgIpc) is 2.64. The Labute approximate surface area is 123 Å². The van der Waals surface area contributed by atoms with Crippen LogP contribution < -0.4 is 4.90 Å². The fourth-order valence-corrected chi connectivity index (χ4v) is 3.55. The van der Waals surface area contributed by atoms with Crippen molar-refractivity contribution in [3.63, 3.8) is 0 Å². The summed E-state index contributed by atoms with van der Waals surface area (Å²) >= 11 is 1.63. The minimum atomic E-state index is -0.766. The molecule has 5 nitrogen and oxygen atoms in total. The molecule has 0 bridgehead atoms. The van der Waals surface area contributed by atoms with E-state index in [0.29, 0.717) is 13.0 Å². The molecule has 0 unspecified atom stereocenters. The zero-order valence-electron chi connectivity index (χ0n) is 11.9. The molecular formula is C14H22N2O3S. The fraction of sp³-hybridized carbons (Fsp3) is 0.714. The van der Waals surface area contributed by atoms with Crippen molar-refractivity contribution in [2.75, 3.05) is 25.1 Å². The molecule has 1 aromatic rings. The number of hydrogen-bond donors (Lipinski definition) is 1. The van der Waals surface area contributed by atoms with Crippen molar-refractivity contribution in [1.29, 1.82) is 0 Å². The second kappa shape index (κ2) is 7.59. The number of aliphatic carboxylic acids is 1. The minimum Gasteiger partial charge on any atom is -0.481 e. The van der Waals surface area contributed by atoms with Crippen molar-refractivity contribution in [2.24, 2.45) is 0 Å². The highest BCUT2D eigenvalue weighted by Crippen LogP contribution is 2.29. The van der Waals surface area contributed by atoms with Gasteiger partial charge in [0.05, 0.1) is 18.7 Å². The third-order valence-corrected chi connectivity index (χ3v) is 4.71. The average molecular weight is 298 g/mol. The van der Waals surface area contributed by atoms with Gasteiger partial charge in [0.1, 0.15) is 0 Å². The van der Waals surface area contributed by atoms with Crippen molar-refractivity contribution in [2.45, 2.75) is 45.1 Å². The van der Waals surface area contributed by atoms with Crippen LogP contribution in [0.3, 0.4) is 0 Å². The molecule has 0 amide bonds. The molecule has 0 radical (unpaired) electrons. The van der Waals surface area contributed by atoms with Crippen LogP contribution in [0.2, 0.25) is 0 Å². The summed E-state index contributed by atoms with van der Waals surface area (Å²) in [5, 5.41) is 9.86. The predicted octanol–water partition coefficient (Wildman–Crippen LogP) is 2.69. The lowest BCUT2D eigenvalue weighted by Crippen LogP contribution is -2.23. The fourth-order valence-electron chi connectivity index (χ4n) is 2.43. The summed E-state index contributed by atoms with van der Waals surface area (Å²) in [6.07, 6.45) is 5.70. The molecule has 1 N–H and O–H groups in total. The molecule has 1 fully saturated rings. The zero-order valence-corrected chi connectivity index (χ0v) is 12.7. The summed E-state index contributed by atoms with van der Waals surface area (Å²) in [5.41, 5.74) is 0.901. The maximum atomic E-state index is 10.7. The highest BCUT2D eigenvalue weighted by atomic mass is 32.1. The second-order valence-corrected chi connectivity index (χ2v) is 6.16. The van der Waals surface area contributed by atoms with E-state index in [2.05, 4.69) is 9.88 Å². The van der Waals surface area contributed by atoms with Gasteiger partial charge in [-0.15, -0.1) is 11.3 Å². The lowest BCUT2D eigenvalue weighted by Gasteiger charge is -2.18. The van der Waals surface area contributed by atoms with Crippen molar-refractivity contribution in [3.8, 4) is 0 Å². The first-order valence-electron chi connectivity index (χ1n) is 7.15. The number of carboxylic acid groups (broad SMARTS) is 1. The number of aryl methyl sites for hydroxylation is 1. The van der Waals surface area contributed by atoms with Crippen LogP contribution >= 0.6 is 11.3 Å². The molecule has 1 aromatic heterocycles. The largest absolute Gasteiger partial charge is 0.481 e. The molecule has 6 heteroatoms. The molecule has 112 valence electrons. The first kappa shape index (κ1) is 15.3. The summed E-state index contributed by atoms with van der Waals surface area (Å²) in [7, 11) is 1.64. The molecule has 1 aliphatic rings. The van der Waals surface area contributed by atoms with Crippen LogP contribution in [0, 0.1) is 0 Å². The van der Waals surface area contributed by atoms with Gasteiger partial charge in [0, 0.05) is 25.1 Å². The molecule has 0 aromatic carbocycles. The van der Waals surface area contributed by atoms with E-state index in [9.17, 15) is 4.79 Å². The lowest BCUT2D eigenvalue weighted by atomic mass is 10.2. The monoisotopic (exact) mass is 298 g/mol. The topological polar surface area (TPSA) is 62.7 Å².